The molecular formula is C10H18Br2O2. The van der Waals surface area contributed by atoms with Gasteiger partial charge in [-0.05, 0) is 38.5 Å². The second-order valence-corrected chi connectivity index (χ2v) is 6.99. The normalized spacial score (nSPS) is 22.9. The number of ether oxygens (including phenoxy) is 2. The highest BCUT2D eigenvalue weighted by atomic mass is 79.9. The largest absolute Gasteiger partial charge is 0.353 e. The van der Waals surface area contributed by atoms with Gasteiger partial charge in [0.1, 0.15) is 0 Å². The van der Waals surface area contributed by atoms with Crippen LogP contribution in [0.5, 0.6) is 0 Å². The molecule has 0 N–H and O–H groups in total. The highest BCUT2D eigenvalue weighted by Crippen LogP contribution is 2.17. The average molecular weight is 330 g/mol. The summed E-state index contributed by atoms with van der Waals surface area (Å²) in [5.41, 5.74) is 0. The topological polar surface area (TPSA) is 18.5 Å². The average Bonchev–Trinajstić information content (AvgIpc) is 2.18. The Morgan fingerprint density at radius 3 is 2.79 bits per heavy atom. The summed E-state index contributed by atoms with van der Waals surface area (Å²) in [4.78, 5) is 0. The Hall–Kier alpha value is 0.880. The first-order valence-corrected chi connectivity index (χ1v) is 7.13. The Morgan fingerprint density at radius 1 is 1.29 bits per heavy atom. The van der Waals surface area contributed by atoms with E-state index < -0.39 is 0 Å². The van der Waals surface area contributed by atoms with Crippen molar-refractivity contribution in [2.75, 3.05) is 13.2 Å². The number of hydrogen-bond acceptors (Lipinski definition) is 2. The first-order chi connectivity index (χ1) is 6.79. The van der Waals surface area contributed by atoms with Crippen LogP contribution in [0.15, 0.2) is 0 Å². The molecule has 0 aromatic carbocycles. The molecule has 0 bridgehead atoms. The zero-order chi connectivity index (χ0) is 10.2. The summed E-state index contributed by atoms with van der Waals surface area (Å²) >= 11 is 6.91. The molecule has 84 valence electrons. The van der Waals surface area contributed by atoms with E-state index in [-0.39, 0.29) is 6.29 Å². The van der Waals surface area contributed by atoms with Gasteiger partial charge >= 0.3 is 0 Å². The predicted molar refractivity (Wildman–Crippen MR) is 65.0 cm³/mol. The first-order valence-electron chi connectivity index (χ1n) is 5.30. The van der Waals surface area contributed by atoms with Gasteiger partial charge in [0, 0.05) is 13.2 Å². The Kier molecular flexibility index (Phi) is 7.47. The zero-order valence-electron chi connectivity index (χ0n) is 8.38. The molecular weight excluding hydrogens is 312 g/mol. The lowest BCUT2D eigenvalue weighted by molar-refractivity contribution is -0.162. The molecule has 1 saturated heterocycles. The van der Waals surface area contributed by atoms with E-state index in [1.54, 1.807) is 0 Å². The highest BCUT2D eigenvalue weighted by molar-refractivity contribution is 9.24. The minimum absolute atomic E-state index is 0.0764. The van der Waals surface area contributed by atoms with Crippen LogP contribution in [0.25, 0.3) is 0 Å². The fourth-order valence-corrected chi connectivity index (χ4v) is 2.11. The third-order valence-corrected chi connectivity index (χ3v) is 3.17. The van der Waals surface area contributed by atoms with Crippen molar-refractivity contribution in [2.24, 2.45) is 0 Å². The van der Waals surface area contributed by atoms with E-state index in [0.29, 0.717) is 3.74 Å². The smallest absolute Gasteiger partial charge is 0.157 e. The quantitative estimate of drug-likeness (QED) is 0.545. The van der Waals surface area contributed by atoms with Gasteiger partial charge in [0.2, 0.25) is 0 Å². The van der Waals surface area contributed by atoms with Gasteiger partial charge in [-0.1, -0.05) is 31.9 Å². The molecule has 1 atom stereocenters. The van der Waals surface area contributed by atoms with Crippen molar-refractivity contribution in [3.63, 3.8) is 0 Å². The number of unbranched alkanes of at least 4 members (excludes halogenated alkanes) is 1. The maximum atomic E-state index is 5.61. The molecule has 1 heterocycles. The van der Waals surface area contributed by atoms with Gasteiger partial charge in [0.15, 0.2) is 6.29 Å². The van der Waals surface area contributed by atoms with E-state index in [1.807, 2.05) is 0 Å². The number of halogens is 2. The number of rotatable bonds is 6. The van der Waals surface area contributed by atoms with Gasteiger partial charge in [0.25, 0.3) is 0 Å². The molecule has 0 amide bonds. The van der Waals surface area contributed by atoms with Crippen molar-refractivity contribution in [3.8, 4) is 0 Å². The molecule has 0 saturated carbocycles. The van der Waals surface area contributed by atoms with Gasteiger partial charge in [-0.3, -0.25) is 0 Å². The maximum absolute atomic E-state index is 5.61. The summed E-state index contributed by atoms with van der Waals surface area (Å²) < 4.78 is 11.5. The minimum Gasteiger partial charge on any atom is -0.353 e. The third-order valence-electron chi connectivity index (χ3n) is 2.26. The summed E-state index contributed by atoms with van der Waals surface area (Å²) in [6.45, 7) is 1.70. The number of alkyl halides is 2. The van der Waals surface area contributed by atoms with E-state index in [2.05, 4.69) is 31.9 Å². The molecule has 1 rings (SSSR count). The summed E-state index contributed by atoms with van der Waals surface area (Å²) in [5.74, 6) is 0. The molecule has 1 fully saturated rings. The molecule has 1 aliphatic rings. The Labute approximate surface area is 103 Å². The Balaban J connectivity index is 1.87. The lowest BCUT2D eigenvalue weighted by Crippen LogP contribution is -2.22. The second kappa shape index (κ2) is 8.08. The molecule has 0 aromatic rings. The van der Waals surface area contributed by atoms with E-state index in [4.69, 9.17) is 9.47 Å². The molecule has 0 aliphatic carbocycles. The van der Waals surface area contributed by atoms with Gasteiger partial charge in [-0.15, -0.1) is 0 Å². The molecule has 14 heavy (non-hydrogen) atoms. The van der Waals surface area contributed by atoms with Crippen molar-refractivity contribution < 1.29 is 9.47 Å². The molecule has 1 unspecified atom stereocenters. The van der Waals surface area contributed by atoms with Crippen LogP contribution in [0.3, 0.4) is 0 Å². The van der Waals surface area contributed by atoms with Crippen LogP contribution < -0.4 is 0 Å². The van der Waals surface area contributed by atoms with E-state index in [9.17, 15) is 0 Å². The second-order valence-electron chi connectivity index (χ2n) is 3.55. The summed E-state index contributed by atoms with van der Waals surface area (Å²) in [6.07, 6.45) is 7.03. The van der Waals surface area contributed by atoms with Crippen LogP contribution in [0, 0.1) is 0 Å². The van der Waals surface area contributed by atoms with Crippen molar-refractivity contribution in [1.82, 2.24) is 0 Å². The first kappa shape index (κ1) is 12.9. The van der Waals surface area contributed by atoms with Crippen molar-refractivity contribution in [1.29, 1.82) is 0 Å². The fraction of sp³-hybridized carbons (Fsp3) is 1.00. The lowest BCUT2D eigenvalue weighted by atomic mass is 10.2. The van der Waals surface area contributed by atoms with Crippen molar-refractivity contribution in [2.45, 2.75) is 48.6 Å². The van der Waals surface area contributed by atoms with Crippen LogP contribution in [0.2, 0.25) is 0 Å². The summed E-state index contributed by atoms with van der Waals surface area (Å²) in [5, 5.41) is 0. The van der Waals surface area contributed by atoms with Gasteiger partial charge in [-0.25, -0.2) is 0 Å². The molecule has 1 aliphatic heterocycles. The Morgan fingerprint density at radius 2 is 2.14 bits per heavy atom. The van der Waals surface area contributed by atoms with Crippen LogP contribution in [0.1, 0.15) is 38.5 Å². The van der Waals surface area contributed by atoms with Gasteiger partial charge < -0.3 is 9.47 Å². The van der Waals surface area contributed by atoms with E-state index in [1.165, 1.54) is 19.3 Å². The summed E-state index contributed by atoms with van der Waals surface area (Å²) in [7, 11) is 0. The monoisotopic (exact) mass is 328 g/mol. The van der Waals surface area contributed by atoms with Crippen molar-refractivity contribution in [3.05, 3.63) is 0 Å². The van der Waals surface area contributed by atoms with Crippen LogP contribution in [-0.4, -0.2) is 23.2 Å². The van der Waals surface area contributed by atoms with Crippen molar-refractivity contribution >= 4 is 31.9 Å². The Bertz CT molecular complexity index is 136. The standard InChI is InChI=1S/C10H18Br2O2/c11-9(12)5-1-3-7-13-10-6-2-4-8-14-10/h9-10H,1-8H2. The molecule has 0 radical (unpaired) electrons. The molecule has 0 aromatic heterocycles. The van der Waals surface area contributed by atoms with Gasteiger partial charge in [-0.2, -0.15) is 0 Å². The third kappa shape index (κ3) is 6.38. The van der Waals surface area contributed by atoms with E-state index >= 15 is 0 Å². The molecule has 0 spiro atoms. The minimum atomic E-state index is 0.0764. The SMILES string of the molecule is BrC(Br)CCCCOC1CCCCO1. The lowest BCUT2D eigenvalue weighted by Gasteiger charge is -2.22. The molecule has 2 nitrogen and oxygen atoms in total. The van der Waals surface area contributed by atoms with Crippen LogP contribution in [0.4, 0.5) is 0 Å². The molecule has 4 heteroatoms. The van der Waals surface area contributed by atoms with Crippen LogP contribution >= 0.6 is 31.9 Å². The van der Waals surface area contributed by atoms with Gasteiger partial charge in [0.05, 0.1) is 3.74 Å². The number of hydrogen-bond donors (Lipinski definition) is 0. The summed E-state index contributed by atoms with van der Waals surface area (Å²) in [6, 6.07) is 0. The zero-order valence-corrected chi connectivity index (χ0v) is 11.6. The maximum Gasteiger partial charge on any atom is 0.157 e. The van der Waals surface area contributed by atoms with E-state index in [0.717, 1.165) is 32.5 Å². The fourth-order valence-electron chi connectivity index (χ4n) is 1.46. The predicted octanol–water partition coefficient (Wildman–Crippen LogP) is 3.82. The van der Waals surface area contributed by atoms with Crippen LogP contribution in [-0.2, 0) is 9.47 Å². The highest BCUT2D eigenvalue weighted by Gasteiger charge is 2.13.